The fourth-order valence-electron chi connectivity index (χ4n) is 2.84. The van der Waals surface area contributed by atoms with E-state index in [1.54, 1.807) is 36.4 Å². The average molecular weight is 393 g/mol. The van der Waals surface area contributed by atoms with Crippen LogP contribution in [0.1, 0.15) is 21.7 Å². The van der Waals surface area contributed by atoms with Gasteiger partial charge in [0.1, 0.15) is 5.82 Å². The molecule has 3 nitrogen and oxygen atoms in total. The highest BCUT2D eigenvalue weighted by molar-refractivity contribution is 6.37. The molecule has 4 aromatic rings. The third kappa shape index (κ3) is 3.65. The van der Waals surface area contributed by atoms with Crippen LogP contribution in [-0.4, -0.2) is 15.8 Å². The zero-order chi connectivity index (χ0) is 18.8. The molecule has 132 valence electrons. The van der Waals surface area contributed by atoms with E-state index in [2.05, 4.69) is 9.97 Å². The van der Waals surface area contributed by atoms with Gasteiger partial charge in [-0.2, -0.15) is 0 Å². The van der Waals surface area contributed by atoms with Crippen LogP contribution in [0.2, 0.25) is 10.0 Å². The maximum atomic E-state index is 13.2. The second kappa shape index (κ2) is 7.39. The normalized spacial score (nSPS) is 11.7. The topological polar surface area (TPSA) is 45.8 Å². The van der Waals surface area contributed by atoms with Gasteiger partial charge in [-0.1, -0.05) is 71.7 Å². The Balaban J connectivity index is 1.89. The molecule has 27 heavy (non-hydrogen) atoms. The highest BCUT2D eigenvalue weighted by Crippen LogP contribution is 2.28. The third-order valence-corrected chi connectivity index (χ3v) is 4.75. The second-order valence-electron chi connectivity index (χ2n) is 6.02. The summed E-state index contributed by atoms with van der Waals surface area (Å²) in [6.45, 7) is 0. The first kappa shape index (κ1) is 17.5. The number of carbonyl (C=O) groups excluding carboxylic acids is 1. The van der Waals surface area contributed by atoms with Crippen molar-refractivity contribution in [2.45, 2.75) is 0 Å². The number of benzene rings is 3. The van der Waals surface area contributed by atoms with Gasteiger partial charge in [0.25, 0.3) is 0 Å². The summed E-state index contributed by atoms with van der Waals surface area (Å²) in [6, 6.07) is 21.9. The summed E-state index contributed by atoms with van der Waals surface area (Å²) in [6.07, 6.45) is 1.74. The molecule has 0 fully saturated rings. The van der Waals surface area contributed by atoms with Crippen LogP contribution in [0.15, 0.2) is 72.8 Å². The van der Waals surface area contributed by atoms with Crippen molar-refractivity contribution in [3.63, 3.8) is 0 Å². The summed E-state index contributed by atoms with van der Waals surface area (Å²) < 4.78 is 0. The van der Waals surface area contributed by atoms with Crippen LogP contribution < -0.4 is 0 Å². The Hall–Kier alpha value is -2.88. The van der Waals surface area contributed by atoms with Crippen LogP contribution in [0.25, 0.3) is 22.7 Å². The number of aromatic nitrogens is 2. The number of allylic oxidation sites excluding steroid dienone is 1. The van der Waals surface area contributed by atoms with Gasteiger partial charge >= 0.3 is 0 Å². The predicted octanol–water partition coefficient (Wildman–Crippen LogP) is 6.29. The Morgan fingerprint density at radius 1 is 0.926 bits per heavy atom. The number of hydrogen-bond acceptors (Lipinski definition) is 2. The summed E-state index contributed by atoms with van der Waals surface area (Å²) in [5.41, 5.74) is 3.36. The monoisotopic (exact) mass is 392 g/mol. The minimum atomic E-state index is -0.138. The fourth-order valence-corrected chi connectivity index (χ4v) is 3.30. The minimum Gasteiger partial charge on any atom is -0.338 e. The Morgan fingerprint density at radius 3 is 2.41 bits per heavy atom. The number of ketones is 1. The number of hydrogen-bond donors (Lipinski definition) is 1. The van der Waals surface area contributed by atoms with Crippen molar-refractivity contribution in [2.75, 3.05) is 0 Å². The molecule has 0 amide bonds. The Labute approximate surface area is 166 Å². The van der Waals surface area contributed by atoms with Gasteiger partial charge in [0.2, 0.25) is 0 Å². The molecule has 5 heteroatoms. The van der Waals surface area contributed by atoms with E-state index in [1.807, 2.05) is 42.5 Å². The van der Waals surface area contributed by atoms with E-state index in [1.165, 1.54) is 0 Å². The van der Waals surface area contributed by atoms with E-state index in [-0.39, 0.29) is 5.78 Å². The Bertz CT molecular complexity index is 1130. The smallest absolute Gasteiger partial charge is 0.196 e. The van der Waals surface area contributed by atoms with Crippen LogP contribution in [0, 0.1) is 0 Å². The molecule has 3 aromatic carbocycles. The van der Waals surface area contributed by atoms with Gasteiger partial charge in [0.15, 0.2) is 5.78 Å². The number of halogens is 2. The van der Waals surface area contributed by atoms with Crippen molar-refractivity contribution in [1.82, 2.24) is 9.97 Å². The zero-order valence-corrected chi connectivity index (χ0v) is 15.6. The average Bonchev–Trinajstić information content (AvgIpc) is 3.11. The molecule has 0 aliphatic heterocycles. The van der Waals surface area contributed by atoms with E-state index in [9.17, 15) is 4.79 Å². The molecular formula is C22H14Cl2N2O. The maximum Gasteiger partial charge on any atom is 0.196 e. The summed E-state index contributed by atoms with van der Waals surface area (Å²) >= 11 is 12.3. The number of carbonyl (C=O) groups is 1. The fraction of sp³-hybridized carbons (Fsp3) is 0. The first-order valence-corrected chi connectivity index (χ1v) is 9.09. The van der Waals surface area contributed by atoms with Gasteiger partial charge in [-0.05, 0) is 35.9 Å². The van der Waals surface area contributed by atoms with E-state index >= 15 is 0 Å². The van der Waals surface area contributed by atoms with Gasteiger partial charge in [-0.15, -0.1) is 0 Å². The van der Waals surface area contributed by atoms with Crippen LogP contribution in [0.3, 0.4) is 0 Å². The minimum absolute atomic E-state index is 0.138. The van der Waals surface area contributed by atoms with Gasteiger partial charge in [-0.3, -0.25) is 4.79 Å². The van der Waals surface area contributed by atoms with Crippen molar-refractivity contribution in [1.29, 1.82) is 0 Å². The van der Waals surface area contributed by atoms with Crippen LogP contribution in [-0.2, 0) is 0 Å². The molecule has 4 rings (SSSR count). The lowest BCUT2D eigenvalue weighted by Gasteiger charge is -2.06. The molecule has 0 bridgehead atoms. The molecule has 0 saturated heterocycles. The van der Waals surface area contributed by atoms with Crippen molar-refractivity contribution in [2.24, 2.45) is 0 Å². The molecule has 1 aromatic heterocycles. The van der Waals surface area contributed by atoms with Crippen molar-refractivity contribution < 1.29 is 4.79 Å². The highest BCUT2D eigenvalue weighted by atomic mass is 35.5. The number of aromatic amines is 1. The molecule has 0 unspecified atom stereocenters. The lowest BCUT2D eigenvalue weighted by Crippen LogP contribution is -2.04. The molecule has 0 aliphatic carbocycles. The molecule has 1 N–H and O–H groups in total. The molecule has 0 aliphatic rings. The number of Topliss-reactive ketones (excluding diaryl/α,β-unsaturated/α-hetero) is 1. The molecule has 0 saturated carbocycles. The number of nitrogens with zero attached hydrogens (tertiary/aromatic N) is 1. The number of para-hydroxylation sites is 2. The van der Waals surface area contributed by atoms with Crippen LogP contribution in [0.5, 0.6) is 0 Å². The summed E-state index contributed by atoms with van der Waals surface area (Å²) in [4.78, 5) is 21.0. The zero-order valence-electron chi connectivity index (χ0n) is 14.1. The SMILES string of the molecule is O=C(C(=Cc1ccc(Cl)cc1Cl)c1nc2ccccc2[nH]1)c1ccccc1. The number of rotatable bonds is 4. The van der Waals surface area contributed by atoms with Gasteiger partial charge in [-0.25, -0.2) is 4.98 Å². The largest absolute Gasteiger partial charge is 0.338 e. The quantitative estimate of drug-likeness (QED) is 0.327. The van der Waals surface area contributed by atoms with Gasteiger partial charge in [0, 0.05) is 15.6 Å². The first-order chi connectivity index (χ1) is 13.1. The number of H-pyrrole nitrogens is 1. The van der Waals surface area contributed by atoms with Crippen molar-refractivity contribution >= 4 is 51.7 Å². The number of fused-ring (bicyclic) bond motifs is 1. The Kier molecular flexibility index (Phi) is 4.80. The lowest BCUT2D eigenvalue weighted by atomic mass is 10.0. The van der Waals surface area contributed by atoms with E-state index in [0.29, 0.717) is 32.6 Å². The van der Waals surface area contributed by atoms with Gasteiger partial charge < -0.3 is 4.98 Å². The molecule has 0 radical (unpaired) electrons. The van der Waals surface area contributed by atoms with Crippen molar-refractivity contribution in [3.8, 4) is 0 Å². The standard InChI is InChI=1S/C22H14Cl2N2O/c23-16-11-10-15(18(24)13-16)12-17(21(27)14-6-2-1-3-7-14)22-25-19-8-4-5-9-20(19)26-22/h1-13H,(H,25,26). The van der Waals surface area contributed by atoms with E-state index < -0.39 is 0 Å². The highest BCUT2D eigenvalue weighted by Gasteiger charge is 2.18. The molecule has 0 spiro atoms. The molecule has 1 heterocycles. The number of nitrogens with one attached hydrogen (secondary N) is 1. The van der Waals surface area contributed by atoms with Crippen LogP contribution >= 0.6 is 23.2 Å². The summed E-state index contributed by atoms with van der Waals surface area (Å²) in [5.74, 6) is 0.358. The third-order valence-electron chi connectivity index (χ3n) is 4.19. The van der Waals surface area contributed by atoms with Crippen LogP contribution in [0.4, 0.5) is 0 Å². The van der Waals surface area contributed by atoms with Gasteiger partial charge in [0.05, 0.1) is 16.6 Å². The predicted molar refractivity (Wildman–Crippen MR) is 111 cm³/mol. The lowest BCUT2D eigenvalue weighted by molar-refractivity contribution is 0.105. The summed E-state index contributed by atoms with van der Waals surface area (Å²) in [7, 11) is 0. The Morgan fingerprint density at radius 2 is 1.67 bits per heavy atom. The van der Waals surface area contributed by atoms with E-state index in [0.717, 1.165) is 11.0 Å². The molecule has 0 atom stereocenters. The molecular weight excluding hydrogens is 379 g/mol. The second-order valence-corrected chi connectivity index (χ2v) is 6.87. The van der Waals surface area contributed by atoms with Crippen molar-refractivity contribution in [3.05, 3.63) is 99.8 Å². The first-order valence-electron chi connectivity index (χ1n) is 8.33. The summed E-state index contributed by atoms with van der Waals surface area (Å²) in [5, 5.41) is 1.01. The number of imidazole rings is 1. The maximum absolute atomic E-state index is 13.2. The van der Waals surface area contributed by atoms with E-state index in [4.69, 9.17) is 23.2 Å².